The average molecular weight is 246 g/mol. The first-order valence-electron chi connectivity index (χ1n) is 5.84. The van der Waals surface area contributed by atoms with E-state index in [-0.39, 0.29) is 6.61 Å². The van der Waals surface area contributed by atoms with E-state index in [9.17, 15) is 5.11 Å². The molecule has 3 rings (SSSR count). The minimum absolute atomic E-state index is 0.239. The molecule has 0 bridgehead atoms. The molecule has 1 aromatic heterocycles. The average Bonchev–Trinajstić information content (AvgIpc) is 2.94. The van der Waals surface area contributed by atoms with E-state index in [0.29, 0.717) is 0 Å². The van der Waals surface area contributed by atoms with Gasteiger partial charge in [0.15, 0.2) is 6.29 Å². The predicted molar refractivity (Wildman–Crippen MR) is 63.6 cm³/mol. The molecular formula is C13H14N2O3. The van der Waals surface area contributed by atoms with Crippen molar-refractivity contribution >= 4 is 0 Å². The second kappa shape index (κ2) is 4.89. The van der Waals surface area contributed by atoms with Crippen molar-refractivity contribution in [2.75, 3.05) is 6.61 Å². The van der Waals surface area contributed by atoms with Gasteiger partial charge in [0, 0.05) is 11.8 Å². The zero-order chi connectivity index (χ0) is 12.4. The molecule has 5 heteroatoms. The molecule has 1 saturated heterocycles. The van der Waals surface area contributed by atoms with Gasteiger partial charge in [-0.3, -0.25) is 5.10 Å². The number of aromatic amines is 1. The van der Waals surface area contributed by atoms with E-state index in [1.165, 1.54) is 0 Å². The fraction of sp³-hybridized carbons (Fsp3) is 0.308. The Morgan fingerprint density at radius 3 is 2.78 bits per heavy atom. The lowest BCUT2D eigenvalue weighted by Gasteiger charge is -2.33. The highest BCUT2D eigenvalue weighted by molar-refractivity contribution is 5.17. The zero-order valence-electron chi connectivity index (χ0n) is 9.69. The van der Waals surface area contributed by atoms with E-state index < -0.39 is 18.5 Å². The highest BCUT2D eigenvalue weighted by atomic mass is 16.7. The van der Waals surface area contributed by atoms with Crippen LogP contribution in [0.2, 0.25) is 0 Å². The number of aliphatic hydroxyl groups is 1. The minimum Gasteiger partial charge on any atom is -0.388 e. The van der Waals surface area contributed by atoms with Crippen molar-refractivity contribution in [1.29, 1.82) is 0 Å². The van der Waals surface area contributed by atoms with E-state index in [4.69, 9.17) is 9.47 Å². The zero-order valence-corrected chi connectivity index (χ0v) is 9.69. The van der Waals surface area contributed by atoms with Gasteiger partial charge in [-0.05, 0) is 6.07 Å². The van der Waals surface area contributed by atoms with Gasteiger partial charge in [0.2, 0.25) is 0 Å². The van der Waals surface area contributed by atoms with Crippen molar-refractivity contribution in [3.63, 3.8) is 0 Å². The molecule has 2 heterocycles. The number of aliphatic hydroxyl groups excluding tert-OH is 1. The fourth-order valence-corrected chi connectivity index (χ4v) is 2.03. The van der Waals surface area contributed by atoms with Crippen LogP contribution in [0, 0.1) is 0 Å². The van der Waals surface area contributed by atoms with Crippen molar-refractivity contribution in [1.82, 2.24) is 10.2 Å². The summed E-state index contributed by atoms with van der Waals surface area (Å²) in [6.45, 7) is 0.239. The first-order valence-corrected chi connectivity index (χ1v) is 5.84. The Kier molecular flexibility index (Phi) is 3.10. The number of rotatable bonds is 2. The monoisotopic (exact) mass is 246 g/mol. The summed E-state index contributed by atoms with van der Waals surface area (Å²) < 4.78 is 11.3. The highest BCUT2D eigenvalue weighted by Gasteiger charge is 2.33. The first kappa shape index (κ1) is 11.4. The molecule has 0 saturated carbocycles. The third-order valence-electron chi connectivity index (χ3n) is 2.94. The van der Waals surface area contributed by atoms with Crippen LogP contribution >= 0.6 is 0 Å². The quantitative estimate of drug-likeness (QED) is 0.843. The summed E-state index contributed by atoms with van der Waals surface area (Å²) in [4.78, 5) is 0. The van der Waals surface area contributed by atoms with Gasteiger partial charge in [0.1, 0.15) is 12.2 Å². The Hall–Kier alpha value is -1.69. The normalized spacial score (nSPS) is 28.2. The van der Waals surface area contributed by atoms with E-state index >= 15 is 0 Å². The lowest BCUT2D eigenvalue weighted by atomic mass is 10.1. The Bertz CT molecular complexity index is 486. The maximum Gasteiger partial charge on any atom is 0.184 e. The summed E-state index contributed by atoms with van der Waals surface area (Å²) >= 11 is 0. The van der Waals surface area contributed by atoms with Crippen LogP contribution in [0.15, 0.2) is 42.6 Å². The van der Waals surface area contributed by atoms with Crippen molar-refractivity contribution in [2.45, 2.75) is 18.5 Å². The molecule has 1 aliphatic rings. The Labute approximate surface area is 104 Å². The van der Waals surface area contributed by atoms with Crippen molar-refractivity contribution < 1.29 is 14.6 Å². The topological polar surface area (TPSA) is 67.4 Å². The van der Waals surface area contributed by atoms with Gasteiger partial charge in [0.25, 0.3) is 0 Å². The largest absolute Gasteiger partial charge is 0.388 e. The third kappa shape index (κ3) is 2.15. The molecule has 1 fully saturated rings. The second-order valence-electron chi connectivity index (χ2n) is 4.21. The molecule has 1 aromatic carbocycles. The standard InChI is InChI=1S/C13H14N2O3/c16-11-8-17-13(9-4-2-1-3-5-9)18-12(11)10-6-7-14-15-10/h1-7,11-13,16H,8H2,(H,14,15)/t11-,12+,13-/m1/s1. The Morgan fingerprint density at radius 1 is 1.22 bits per heavy atom. The van der Waals surface area contributed by atoms with E-state index in [2.05, 4.69) is 10.2 Å². The minimum atomic E-state index is -0.689. The molecule has 0 aliphatic carbocycles. The predicted octanol–water partition coefficient (Wildman–Crippen LogP) is 1.56. The van der Waals surface area contributed by atoms with Crippen LogP contribution in [0.4, 0.5) is 0 Å². The van der Waals surface area contributed by atoms with Gasteiger partial charge in [-0.15, -0.1) is 0 Å². The lowest BCUT2D eigenvalue weighted by Crippen LogP contribution is -2.34. The molecule has 1 aliphatic heterocycles. The summed E-state index contributed by atoms with van der Waals surface area (Å²) in [5.41, 5.74) is 1.70. The van der Waals surface area contributed by atoms with Crippen LogP contribution in [0.5, 0.6) is 0 Å². The maximum absolute atomic E-state index is 9.91. The Morgan fingerprint density at radius 2 is 2.06 bits per heavy atom. The molecule has 18 heavy (non-hydrogen) atoms. The lowest BCUT2D eigenvalue weighted by molar-refractivity contribution is -0.260. The van der Waals surface area contributed by atoms with E-state index in [1.807, 2.05) is 30.3 Å². The summed E-state index contributed by atoms with van der Waals surface area (Å²) in [6, 6.07) is 11.5. The fourth-order valence-electron chi connectivity index (χ4n) is 2.03. The summed E-state index contributed by atoms with van der Waals surface area (Å²) in [5, 5.41) is 16.6. The van der Waals surface area contributed by atoms with Crippen LogP contribution < -0.4 is 0 Å². The molecule has 0 spiro atoms. The number of benzene rings is 1. The molecule has 0 amide bonds. The van der Waals surface area contributed by atoms with Crippen LogP contribution in [0.25, 0.3) is 0 Å². The molecule has 5 nitrogen and oxygen atoms in total. The van der Waals surface area contributed by atoms with Crippen molar-refractivity contribution in [3.05, 3.63) is 53.9 Å². The van der Waals surface area contributed by atoms with Crippen LogP contribution in [-0.4, -0.2) is 28.0 Å². The number of aromatic nitrogens is 2. The third-order valence-corrected chi connectivity index (χ3v) is 2.94. The van der Waals surface area contributed by atoms with Gasteiger partial charge >= 0.3 is 0 Å². The Balaban J connectivity index is 1.80. The van der Waals surface area contributed by atoms with E-state index in [0.717, 1.165) is 11.3 Å². The van der Waals surface area contributed by atoms with E-state index in [1.54, 1.807) is 12.3 Å². The second-order valence-corrected chi connectivity index (χ2v) is 4.21. The first-order chi connectivity index (χ1) is 8.84. The number of nitrogens with one attached hydrogen (secondary N) is 1. The number of hydrogen-bond donors (Lipinski definition) is 2. The molecule has 2 N–H and O–H groups in total. The molecule has 3 atom stereocenters. The smallest absolute Gasteiger partial charge is 0.184 e. The molecule has 94 valence electrons. The van der Waals surface area contributed by atoms with Crippen LogP contribution in [-0.2, 0) is 9.47 Å². The van der Waals surface area contributed by atoms with Gasteiger partial charge in [0.05, 0.1) is 12.3 Å². The maximum atomic E-state index is 9.91. The van der Waals surface area contributed by atoms with Crippen LogP contribution in [0.3, 0.4) is 0 Å². The van der Waals surface area contributed by atoms with Crippen LogP contribution in [0.1, 0.15) is 23.7 Å². The highest BCUT2D eigenvalue weighted by Crippen LogP contribution is 2.33. The van der Waals surface area contributed by atoms with Gasteiger partial charge in [-0.25, -0.2) is 0 Å². The molecular weight excluding hydrogens is 232 g/mol. The number of nitrogens with zero attached hydrogens (tertiary/aromatic N) is 1. The van der Waals surface area contributed by atoms with Gasteiger partial charge < -0.3 is 14.6 Å². The summed E-state index contributed by atoms with van der Waals surface area (Å²) in [7, 11) is 0. The number of hydrogen-bond acceptors (Lipinski definition) is 4. The van der Waals surface area contributed by atoms with Crippen molar-refractivity contribution in [3.8, 4) is 0 Å². The molecule has 0 radical (unpaired) electrons. The SMILES string of the molecule is O[C@@H]1CO[C@@H](c2ccccc2)O[C@H]1c1ccn[nH]1. The van der Waals surface area contributed by atoms with Gasteiger partial charge in [-0.2, -0.15) is 5.10 Å². The molecule has 2 aromatic rings. The summed E-state index contributed by atoms with van der Waals surface area (Å²) in [6.07, 6.45) is 0.0538. The van der Waals surface area contributed by atoms with Gasteiger partial charge in [-0.1, -0.05) is 30.3 Å². The molecule has 0 unspecified atom stereocenters. The van der Waals surface area contributed by atoms with Crippen molar-refractivity contribution in [2.24, 2.45) is 0 Å². The number of ether oxygens (including phenoxy) is 2. The summed E-state index contributed by atoms with van der Waals surface area (Å²) in [5.74, 6) is 0. The number of H-pyrrole nitrogens is 1.